The van der Waals surface area contributed by atoms with Gasteiger partial charge in [-0.05, 0) is 41.0 Å². The first-order valence-corrected chi connectivity index (χ1v) is 12.3. The minimum absolute atomic E-state index is 0.0282. The van der Waals surface area contributed by atoms with Gasteiger partial charge in [-0.15, -0.1) is 0 Å². The van der Waals surface area contributed by atoms with Crippen molar-refractivity contribution in [3.63, 3.8) is 0 Å². The molecule has 2 atom stereocenters. The summed E-state index contributed by atoms with van der Waals surface area (Å²) in [4.78, 5) is 13.6. The maximum atomic E-state index is 11.1. The average molecular weight is 458 g/mol. The second kappa shape index (κ2) is 9.35. The molecule has 0 spiro atoms. The monoisotopic (exact) mass is 457 g/mol. The Balaban J connectivity index is 1.27. The fourth-order valence-corrected chi connectivity index (χ4v) is 5.33. The summed E-state index contributed by atoms with van der Waals surface area (Å²) >= 11 is 0. The van der Waals surface area contributed by atoms with Crippen LogP contribution in [0.25, 0.3) is 0 Å². The van der Waals surface area contributed by atoms with E-state index in [4.69, 9.17) is 0 Å². The summed E-state index contributed by atoms with van der Waals surface area (Å²) in [7, 11) is 0. The first-order valence-electron chi connectivity index (χ1n) is 12.3. The average Bonchev–Trinajstić information content (AvgIpc) is 2.83. The van der Waals surface area contributed by atoms with E-state index < -0.39 is 6.10 Å². The van der Waals surface area contributed by atoms with Gasteiger partial charge in [0, 0.05) is 44.0 Å². The molecule has 0 radical (unpaired) electrons. The van der Waals surface area contributed by atoms with Crippen molar-refractivity contribution in [2.45, 2.75) is 57.7 Å². The number of nitrogens with one attached hydrogen (secondary N) is 1. The number of fused-ring (bicyclic) bond motifs is 1. The highest BCUT2D eigenvalue weighted by Crippen LogP contribution is 2.32. The van der Waals surface area contributed by atoms with Crippen molar-refractivity contribution in [3.8, 4) is 0 Å². The van der Waals surface area contributed by atoms with Crippen LogP contribution >= 0.6 is 0 Å². The molecule has 3 aromatic rings. The van der Waals surface area contributed by atoms with Gasteiger partial charge in [0.25, 0.3) is 0 Å². The molecule has 2 aromatic carbocycles. The Hall–Kier alpha value is -2.96. The Morgan fingerprint density at radius 2 is 1.74 bits per heavy atom. The highest BCUT2D eigenvalue weighted by atomic mass is 16.3. The van der Waals surface area contributed by atoms with E-state index in [1.165, 1.54) is 16.7 Å². The summed E-state index contributed by atoms with van der Waals surface area (Å²) in [5.74, 6) is 1.62. The lowest BCUT2D eigenvalue weighted by molar-refractivity contribution is 0.0293. The molecule has 34 heavy (non-hydrogen) atoms. The van der Waals surface area contributed by atoms with E-state index in [0.717, 1.165) is 49.8 Å². The largest absolute Gasteiger partial charge is 0.390 e. The summed E-state index contributed by atoms with van der Waals surface area (Å²) < 4.78 is 0. The second-order valence-electron chi connectivity index (χ2n) is 10.5. The molecule has 178 valence electrons. The van der Waals surface area contributed by atoms with Gasteiger partial charge in [0.05, 0.1) is 6.10 Å². The molecular weight excluding hydrogens is 422 g/mol. The fraction of sp³-hybridized carbons (Fsp3) is 0.429. The highest BCUT2D eigenvalue weighted by Gasteiger charge is 2.34. The number of aliphatic hydroxyl groups is 1. The van der Waals surface area contributed by atoms with Crippen LogP contribution in [0.2, 0.25) is 0 Å². The maximum Gasteiger partial charge on any atom is 0.135 e. The molecule has 2 aliphatic rings. The van der Waals surface area contributed by atoms with E-state index in [-0.39, 0.29) is 11.5 Å². The molecule has 0 aliphatic carbocycles. The van der Waals surface area contributed by atoms with Crippen LogP contribution < -0.4 is 10.2 Å². The fourth-order valence-electron chi connectivity index (χ4n) is 5.33. The topological polar surface area (TPSA) is 64.5 Å². The zero-order valence-corrected chi connectivity index (χ0v) is 20.4. The predicted molar refractivity (Wildman–Crippen MR) is 138 cm³/mol. The smallest absolute Gasteiger partial charge is 0.135 e. The molecule has 1 fully saturated rings. The Labute approximate surface area is 202 Å². The number of para-hydroxylation sites is 1. The van der Waals surface area contributed by atoms with E-state index in [1.807, 2.05) is 12.1 Å². The van der Waals surface area contributed by atoms with Crippen LogP contribution in [-0.4, -0.2) is 51.8 Å². The Morgan fingerprint density at radius 3 is 2.53 bits per heavy atom. The van der Waals surface area contributed by atoms with Gasteiger partial charge in [0.2, 0.25) is 0 Å². The van der Waals surface area contributed by atoms with Gasteiger partial charge in [0.1, 0.15) is 18.0 Å². The quantitative estimate of drug-likeness (QED) is 0.601. The molecule has 1 saturated heterocycles. The van der Waals surface area contributed by atoms with Crippen molar-refractivity contribution in [1.29, 1.82) is 0 Å². The molecule has 6 nitrogen and oxygen atoms in total. The third-order valence-corrected chi connectivity index (χ3v) is 7.15. The van der Waals surface area contributed by atoms with Gasteiger partial charge < -0.3 is 15.3 Å². The summed E-state index contributed by atoms with van der Waals surface area (Å²) in [6.07, 6.45) is 3.17. The van der Waals surface area contributed by atoms with Gasteiger partial charge in [0.15, 0.2) is 0 Å². The molecule has 0 bridgehead atoms. The lowest BCUT2D eigenvalue weighted by atomic mass is 9.86. The van der Waals surface area contributed by atoms with Crippen molar-refractivity contribution < 1.29 is 5.11 Å². The third-order valence-electron chi connectivity index (χ3n) is 7.15. The molecule has 2 aliphatic heterocycles. The van der Waals surface area contributed by atoms with Crippen LogP contribution in [-0.2, 0) is 18.4 Å². The molecule has 2 unspecified atom stereocenters. The van der Waals surface area contributed by atoms with Crippen molar-refractivity contribution in [2.24, 2.45) is 0 Å². The molecule has 1 aromatic heterocycles. The van der Waals surface area contributed by atoms with Crippen LogP contribution in [0, 0.1) is 0 Å². The van der Waals surface area contributed by atoms with Crippen molar-refractivity contribution in [2.75, 3.05) is 29.9 Å². The van der Waals surface area contributed by atoms with E-state index >= 15 is 0 Å². The van der Waals surface area contributed by atoms with Gasteiger partial charge >= 0.3 is 0 Å². The minimum atomic E-state index is -0.410. The minimum Gasteiger partial charge on any atom is -0.390 e. The van der Waals surface area contributed by atoms with Crippen LogP contribution in [0.5, 0.6) is 0 Å². The maximum absolute atomic E-state index is 11.1. The zero-order valence-electron chi connectivity index (χ0n) is 20.4. The number of aliphatic hydroxyl groups excluding tert-OH is 1. The van der Waals surface area contributed by atoms with Crippen LogP contribution in [0.3, 0.4) is 0 Å². The molecular formula is C28H35N5O. The number of piperidine rings is 1. The second-order valence-corrected chi connectivity index (χ2v) is 10.5. The standard InChI is InChI=1S/C28H35N5O/c1-28(2,3)22-10-6-7-11-23(22)31-26-16-27(30-19-29-26)33-15-13-24(25(34)18-33)32-14-12-20-8-4-5-9-21(20)17-32/h4-11,16,19,24-25,34H,12-15,17-18H2,1-3H3,(H,29,30,31). The first-order chi connectivity index (χ1) is 16.4. The summed E-state index contributed by atoms with van der Waals surface area (Å²) in [5, 5.41) is 14.6. The lowest BCUT2D eigenvalue weighted by Gasteiger charge is -2.43. The number of rotatable bonds is 4. The van der Waals surface area contributed by atoms with Crippen LogP contribution in [0.4, 0.5) is 17.3 Å². The van der Waals surface area contributed by atoms with Crippen molar-refractivity contribution in [1.82, 2.24) is 14.9 Å². The number of hydrogen-bond acceptors (Lipinski definition) is 6. The van der Waals surface area contributed by atoms with Crippen molar-refractivity contribution in [3.05, 3.63) is 77.6 Å². The molecule has 6 heteroatoms. The van der Waals surface area contributed by atoms with Crippen molar-refractivity contribution >= 4 is 17.3 Å². The SMILES string of the molecule is CC(C)(C)c1ccccc1Nc1cc(N2CCC(N3CCc4ccccc4C3)C(O)C2)ncn1. The van der Waals surface area contributed by atoms with E-state index in [1.54, 1.807) is 6.33 Å². The van der Waals surface area contributed by atoms with Gasteiger partial charge in [-0.3, -0.25) is 4.90 Å². The Morgan fingerprint density at radius 1 is 0.971 bits per heavy atom. The zero-order chi connectivity index (χ0) is 23.7. The van der Waals surface area contributed by atoms with Crippen LogP contribution in [0.15, 0.2) is 60.9 Å². The predicted octanol–water partition coefficient (Wildman–Crippen LogP) is 4.52. The number of nitrogens with zero attached hydrogens (tertiary/aromatic N) is 4. The Bertz CT molecular complexity index is 1140. The van der Waals surface area contributed by atoms with E-state index in [9.17, 15) is 5.11 Å². The normalized spacial score (nSPS) is 21.2. The number of benzene rings is 2. The molecule has 3 heterocycles. The number of β-amino-alcohol motifs (C(OH)–C–C–N with tert-alkyl or cyclic N) is 1. The van der Waals surface area contributed by atoms with Crippen LogP contribution in [0.1, 0.15) is 43.9 Å². The van der Waals surface area contributed by atoms with Gasteiger partial charge in [-0.2, -0.15) is 0 Å². The summed E-state index contributed by atoms with van der Waals surface area (Å²) in [5.41, 5.74) is 5.17. The third kappa shape index (κ3) is 4.79. The highest BCUT2D eigenvalue weighted by molar-refractivity contribution is 5.64. The summed E-state index contributed by atoms with van der Waals surface area (Å²) in [6, 6.07) is 19.2. The Kier molecular flexibility index (Phi) is 6.28. The lowest BCUT2D eigenvalue weighted by Crippen LogP contribution is -2.55. The van der Waals surface area contributed by atoms with E-state index in [0.29, 0.717) is 6.54 Å². The number of hydrogen-bond donors (Lipinski definition) is 2. The first kappa shape index (κ1) is 22.8. The van der Waals surface area contributed by atoms with E-state index in [2.05, 4.69) is 88.3 Å². The summed E-state index contributed by atoms with van der Waals surface area (Å²) in [6.45, 7) is 10.0. The van der Waals surface area contributed by atoms with Gasteiger partial charge in [-0.1, -0.05) is 63.2 Å². The molecule has 5 rings (SSSR count). The molecule has 0 amide bonds. The number of anilines is 3. The number of aromatic nitrogens is 2. The van der Waals surface area contributed by atoms with Gasteiger partial charge in [-0.25, -0.2) is 9.97 Å². The molecule has 0 saturated carbocycles. The molecule has 2 N–H and O–H groups in total.